The first-order valence-corrected chi connectivity index (χ1v) is 7.31. The van der Waals surface area contributed by atoms with Crippen LogP contribution in [-0.4, -0.2) is 23.8 Å². The lowest BCUT2D eigenvalue weighted by atomic mass is 9.91. The van der Waals surface area contributed by atoms with E-state index in [4.69, 9.17) is 4.74 Å². The van der Waals surface area contributed by atoms with Gasteiger partial charge >= 0.3 is 0 Å². The van der Waals surface area contributed by atoms with E-state index in [0.29, 0.717) is 11.3 Å². The first-order valence-electron chi connectivity index (χ1n) is 6.33. The van der Waals surface area contributed by atoms with Gasteiger partial charge in [0, 0.05) is 16.2 Å². The standard InChI is InChI=1S/C16H14O3S/c1-19-12-5-2-10(3-6-12)14-9-20-15-8-11(17)4-7-13(15)16(14)18/h2-8,14,17H,9H2,1H3. The Labute approximate surface area is 121 Å². The van der Waals surface area contributed by atoms with E-state index in [1.807, 2.05) is 24.3 Å². The molecule has 0 spiro atoms. The molecule has 0 aromatic heterocycles. The lowest BCUT2D eigenvalue weighted by molar-refractivity contribution is 0.0962. The maximum Gasteiger partial charge on any atom is 0.172 e. The van der Waals surface area contributed by atoms with Crippen LogP contribution in [-0.2, 0) is 0 Å². The van der Waals surface area contributed by atoms with Crippen LogP contribution >= 0.6 is 11.8 Å². The lowest BCUT2D eigenvalue weighted by Gasteiger charge is -2.23. The number of benzene rings is 2. The molecule has 1 aliphatic rings. The van der Waals surface area contributed by atoms with Crippen LogP contribution in [0.2, 0.25) is 0 Å². The number of hydrogen-bond donors (Lipinski definition) is 1. The Morgan fingerprint density at radius 3 is 2.65 bits per heavy atom. The normalized spacial score (nSPS) is 17.6. The molecular weight excluding hydrogens is 272 g/mol. The molecule has 1 unspecified atom stereocenters. The van der Waals surface area contributed by atoms with Crippen LogP contribution in [0.5, 0.6) is 11.5 Å². The van der Waals surface area contributed by atoms with E-state index < -0.39 is 0 Å². The average Bonchev–Trinajstić information content (AvgIpc) is 2.48. The molecule has 1 aliphatic heterocycles. The number of thioether (sulfide) groups is 1. The van der Waals surface area contributed by atoms with Crippen molar-refractivity contribution in [3.63, 3.8) is 0 Å². The molecular formula is C16H14O3S. The second-order valence-corrected chi connectivity index (χ2v) is 5.74. The van der Waals surface area contributed by atoms with Crippen molar-refractivity contribution in [1.82, 2.24) is 0 Å². The maximum absolute atomic E-state index is 12.6. The predicted molar refractivity (Wildman–Crippen MR) is 78.9 cm³/mol. The van der Waals surface area contributed by atoms with Gasteiger partial charge in [0.25, 0.3) is 0 Å². The number of carbonyl (C=O) groups is 1. The molecule has 0 saturated heterocycles. The van der Waals surface area contributed by atoms with Crippen molar-refractivity contribution in [2.75, 3.05) is 12.9 Å². The Morgan fingerprint density at radius 2 is 1.95 bits per heavy atom. The number of ketones is 1. The maximum atomic E-state index is 12.6. The highest BCUT2D eigenvalue weighted by Gasteiger charge is 2.29. The summed E-state index contributed by atoms with van der Waals surface area (Å²) in [5.74, 6) is 1.66. The number of phenols is 1. The van der Waals surface area contributed by atoms with E-state index in [1.165, 1.54) is 0 Å². The second kappa shape index (κ2) is 5.21. The molecule has 0 saturated carbocycles. The number of phenolic OH excluding ortho intramolecular Hbond substituents is 1. The molecule has 2 aromatic rings. The van der Waals surface area contributed by atoms with Crippen LogP contribution < -0.4 is 4.74 Å². The van der Waals surface area contributed by atoms with Gasteiger partial charge in [-0.3, -0.25) is 4.79 Å². The highest BCUT2D eigenvalue weighted by molar-refractivity contribution is 7.99. The van der Waals surface area contributed by atoms with Gasteiger partial charge in [0.2, 0.25) is 0 Å². The third-order valence-corrected chi connectivity index (χ3v) is 4.62. The molecule has 1 N–H and O–H groups in total. The number of Topliss-reactive ketones (excluding diaryl/α,β-unsaturated/α-hetero) is 1. The smallest absolute Gasteiger partial charge is 0.172 e. The third kappa shape index (κ3) is 2.27. The molecule has 1 atom stereocenters. The van der Waals surface area contributed by atoms with Gasteiger partial charge in [-0.05, 0) is 35.9 Å². The van der Waals surface area contributed by atoms with Crippen LogP contribution in [0.25, 0.3) is 0 Å². The topological polar surface area (TPSA) is 46.5 Å². The molecule has 3 rings (SSSR count). The summed E-state index contributed by atoms with van der Waals surface area (Å²) in [6.45, 7) is 0. The zero-order chi connectivity index (χ0) is 14.1. The van der Waals surface area contributed by atoms with Crippen molar-refractivity contribution in [2.45, 2.75) is 10.8 Å². The fourth-order valence-corrected chi connectivity index (χ4v) is 3.57. The van der Waals surface area contributed by atoms with Crippen molar-refractivity contribution in [2.24, 2.45) is 0 Å². The largest absolute Gasteiger partial charge is 0.508 e. The SMILES string of the molecule is COc1ccc(C2CSc3cc(O)ccc3C2=O)cc1. The first-order chi connectivity index (χ1) is 9.69. The number of hydrogen-bond acceptors (Lipinski definition) is 4. The Bertz CT molecular complexity index is 649. The molecule has 0 fully saturated rings. The summed E-state index contributed by atoms with van der Waals surface area (Å²) in [6.07, 6.45) is 0. The van der Waals surface area contributed by atoms with Crippen LogP contribution in [0, 0.1) is 0 Å². The van der Waals surface area contributed by atoms with E-state index in [-0.39, 0.29) is 17.5 Å². The van der Waals surface area contributed by atoms with Gasteiger partial charge < -0.3 is 9.84 Å². The summed E-state index contributed by atoms with van der Waals surface area (Å²) < 4.78 is 5.13. The Hall–Kier alpha value is -1.94. The minimum Gasteiger partial charge on any atom is -0.508 e. The fraction of sp³-hybridized carbons (Fsp3) is 0.188. The van der Waals surface area contributed by atoms with Crippen molar-refractivity contribution < 1.29 is 14.6 Å². The van der Waals surface area contributed by atoms with Gasteiger partial charge in [-0.25, -0.2) is 0 Å². The first kappa shape index (κ1) is 13.1. The molecule has 1 heterocycles. The number of methoxy groups -OCH3 is 1. The van der Waals surface area contributed by atoms with Gasteiger partial charge in [0.1, 0.15) is 11.5 Å². The summed E-state index contributed by atoms with van der Waals surface area (Å²) in [5.41, 5.74) is 1.70. The Kier molecular flexibility index (Phi) is 3.40. The molecule has 0 bridgehead atoms. The molecule has 0 amide bonds. The van der Waals surface area contributed by atoms with E-state index >= 15 is 0 Å². The van der Waals surface area contributed by atoms with Gasteiger partial charge in [-0.2, -0.15) is 0 Å². The Morgan fingerprint density at radius 1 is 1.20 bits per heavy atom. The van der Waals surface area contributed by atoms with Gasteiger partial charge in [0.05, 0.1) is 13.0 Å². The van der Waals surface area contributed by atoms with Crippen LogP contribution in [0.1, 0.15) is 21.8 Å². The zero-order valence-electron chi connectivity index (χ0n) is 11.0. The van der Waals surface area contributed by atoms with Crippen molar-refractivity contribution >= 4 is 17.5 Å². The summed E-state index contributed by atoms with van der Waals surface area (Å²) >= 11 is 1.61. The molecule has 3 nitrogen and oxygen atoms in total. The van der Waals surface area contributed by atoms with Crippen molar-refractivity contribution in [3.8, 4) is 11.5 Å². The number of rotatable bonds is 2. The molecule has 4 heteroatoms. The lowest BCUT2D eigenvalue weighted by Crippen LogP contribution is -2.20. The van der Waals surface area contributed by atoms with Gasteiger partial charge in [0.15, 0.2) is 5.78 Å². The van der Waals surface area contributed by atoms with Crippen molar-refractivity contribution in [3.05, 3.63) is 53.6 Å². The fourth-order valence-electron chi connectivity index (χ4n) is 2.35. The second-order valence-electron chi connectivity index (χ2n) is 4.68. The van der Waals surface area contributed by atoms with E-state index in [9.17, 15) is 9.90 Å². The summed E-state index contributed by atoms with van der Waals surface area (Å²) in [6, 6.07) is 12.5. The number of aromatic hydroxyl groups is 1. The highest BCUT2D eigenvalue weighted by atomic mass is 32.2. The summed E-state index contributed by atoms with van der Waals surface area (Å²) in [4.78, 5) is 13.4. The zero-order valence-corrected chi connectivity index (χ0v) is 11.8. The van der Waals surface area contributed by atoms with E-state index in [0.717, 1.165) is 16.2 Å². The van der Waals surface area contributed by atoms with E-state index in [2.05, 4.69) is 0 Å². The van der Waals surface area contributed by atoms with Gasteiger partial charge in [-0.1, -0.05) is 12.1 Å². The average molecular weight is 286 g/mol. The predicted octanol–water partition coefficient (Wildman–Crippen LogP) is 3.47. The van der Waals surface area contributed by atoms with Crippen LogP contribution in [0.3, 0.4) is 0 Å². The third-order valence-electron chi connectivity index (χ3n) is 3.47. The minimum absolute atomic E-state index is 0.115. The molecule has 102 valence electrons. The van der Waals surface area contributed by atoms with Crippen LogP contribution in [0.15, 0.2) is 47.4 Å². The monoisotopic (exact) mass is 286 g/mol. The van der Waals surface area contributed by atoms with E-state index in [1.54, 1.807) is 37.1 Å². The molecule has 2 aromatic carbocycles. The number of carbonyl (C=O) groups excluding carboxylic acids is 1. The number of fused-ring (bicyclic) bond motifs is 1. The number of ether oxygens (including phenoxy) is 1. The molecule has 20 heavy (non-hydrogen) atoms. The molecule has 0 aliphatic carbocycles. The highest BCUT2D eigenvalue weighted by Crippen LogP contribution is 2.39. The quantitative estimate of drug-likeness (QED) is 0.918. The van der Waals surface area contributed by atoms with Crippen molar-refractivity contribution in [1.29, 1.82) is 0 Å². The summed E-state index contributed by atoms with van der Waals surface area (Å²) in [7, 11) is 1.62. The minimum atomic E-state index is -0.136. The van der Waals surface area contributed by atoms with Gasteiger partial charge in [-0.15, -0.1) is 11.8 Å². The summed E-state index contributed by atoms with van der Waals surface area (Å²) in [5, 5.41) is 9.48. The van der Waals surface area contributed by atoms with Crippen LogP contribution in [0.4, 0.5) is 0 Å². The molecule has 0 radical (unpaired) electrons. The Balaban J connectivity index is 1.93.